The summed E-state index contributed by atoms with van der Waals surface area (Å²) in [5, 5.41) is 10.4. The van der Waals surface area contributed by atoms with Crippen LogP contribution in [0.3, 0.4) is 0 Å². The summed E-state index contributed by atoms with van der Waals surface area (Å²) in [5.74, 6) is -0.496. The van der Waals surface area contributed by atoms with Crippen molar-refractivity contribution in [1.29, 1.82) is 5.26 Å². The molecule has 1 aliphatic rings. The van der Waals surface area contributed by atoms with Crippen LogP contribution in [0.2, 0.25) is 0 Å². The number of ether oxygens (including phenoxy) is 1. The Labute approximate surface area is 192 Å². The molecule has 0 bridgehead atoms. The van der Waals surface area contributed by atoms with Crippen molar-refractivity contribution in [2.24, 2.45) is 0 Å². The molecular weight excluding hydrogens is 476 g/mol. The first-order chi connectivity index (χ1) is 15.7. The Bertz CT molecular complexity index is 1200. The number of hydrogen-bond donors (Lipinski definition) is 2. The van der Waals surface area contributed by atoms with Crippen LogP contribution in [0.4, 0.5) is 23.2 Å². The second-order valence-electron chi connectivity index (χ2n) is 7.70. The van der Waals surface area contributed by atoms with Gasteiger partial charge in [0.25, 0.3) is 0 Å². The van der Waals surface area contributed by atoms with Gasteiger partial charge in [-0.05, 0) is 37.5 Å². The molecule has 1 aliphatic carbocycles. The van der Waals surface area contributed by atoms with Gasteiger partial charge in [0.15, 0.2) is 11.6 Å². The number of nitriles is 1. The highest BCUT2D eigenvalue weighted by Gasteiger charge is 2.30. The molecule has 0 spiro atoms. The highest BCUT2D eigenvalue weighted by Crippen LogP contribution is 2.43. The zero-order valence-corrected chi connectivity index (χ0v) is 19.6. The first-order valence-electron chi connectivity index (χ1n) is 10.2. The van der Waals surface area contributed by atoms with Crippen LogP contribution in [0.25, 0.3) is 22.3 Å². The molecule has 2 heterocycles. The van der Waals surface area contributed by atoms with Gasteiger partial charge in [0.1, 0.15) is 18.2 Å². The highest BCUT2D eigenvalue weighted by atomic mass is 31.1. The van der Waals surface area contributed by atoms with Crippen molar-refractivity contribution in [3.8, 4) is 23.2 Å². The van der Waals surface area contributed by atoms with E-state index in [1.807, 2.05) is 4.57 Å². The van der Waals surface area contributed by atoms with E-state index in [1.54, 1.807) is 18.2 Å². The van der Waals surface area contributed by atoms with Crippen LogP contribution in [0.15, 0.2) is 30.5 Å². The van der Waals surface area contributed by atoms with Gasteiger partial charge in [-0.15, -0.1) is 0 Å². The standard InChI is InChI=1S/C21H21F4N5OP2/c22-15-6-13-14(8-26)19(16-5-4-11(9-27-16)29-28-10-21(23,24)25)30(12-2-1-3-12)17(13)7-18(15)31-20(32)33/h4-7,9,12,20,28-29H,1-3,10,32-33H2. The predicted molar refractivity (Wildman–Crippen MR) is 124 cm³/mol. The summed E-state index contributed by atoms with van der Waals surface area (Å²) in [6.45, 7) is -1.20. The smallest absolute Gasteiger partial charge is 0.402 e. The lowest BCUT2D eigenvalue weighted by Crippen LogP contribution is -2.32. The number of benzene rings is 1. The number of aromatic nitrogens is 2. The molecule has 1 aromatic carbocycles. The summed E-state index contributed by atoms with van der Waals surface area (Å²) >= 11 is 0. The summed E-state index contributed by atoms with van der Waals surface area (Å²) in [5.41, 5.74) is 6.48. The second kappa shape index (κ2) is 9.42. The molecule has 0 aliphatic heterocycles. The van der Waals surface area contributed by atoms with E-state index in [-0.39, 0.29) is 17.4 Å². The normalized spacial score (nSPS) is 14.4. The SMILES string of the molecule is N#Cc1c(-c2ccc(NNCC(F)(F)F)cn2)n(C2CCC2)c2cc(OC(P)P)c(F)cc12. The molecule has 0 saturated heterocycles. The molecule has 6 nitrogen and oxygen atoms in total. The van der Waals surface area contributed by atoms with Crippen LogP contribution >= 0.6 is 18.5 Å². The molecule has 0 radical (unpaired) electrons. The van der Waals surface area contributed by atoms with Crippen molar-refractivity contribution < 1.29 is 22.3 Å². The Morgan fingerprint density at radius 1 is 1.27 bits per heavy atom. The van der Waals surface area contributed by atoms with E-state index in [9.17, 15) is 22.8 Å². The van der Waals surface area contributed by atoms with E-state index in [0.29, 0.717) is 33.5 Å². The number of alkyl halides is 3. The van der Waals surface area contributed by atoms with Gasteiger partial charge in [-0.25, -0.2) is 9.82 Å². The maximum atomic E-state index is 14.7. The maximum absolute atomic E-state index is 14.7. The van der Waals surface area contributed by atoms with Crippen molar-refractivity contribution in [1.82, 2.24) is 15.0 Å². The lowest BCUT2D eigenvalue weighted by atomic mass is 9.92. The Kier molecular flexibility index (Phi) is 6.76. The van der Waals surface area contributed by atoms with Crippen molar-refractivity contribution in [3.05, 3.63) is 41.8 Å². The van der Waals surface area contributed by atoms with Gasteiger partial charge in [-0.2, -0.15) is 18.4 Å². The summed E-state index contributed by atoms with van der Waals surface area (Å²) in [7, 11) is 4.83. The fourth-order valence-electron chi connectivity index (χ4n) is 3.79. The number of hydrazine groups is 1. The lowest BCUT2D eigenvalue weighted by Gasteiger charge is -2.30. The number of nitrogens with zero attached hydrogens (tertiary/aromatic N) is 3. The van der Waals surface area contributed by atoms with Crippen LogP contribution in [-0.2, 0) is 0 Å². The molecule has 12 heteroatoms. The highest BCUT2D eigenvalue weighted by molar-refractivity contribution is 7.37. The third-order valence-electron chi connectivity index (χ3n) is 5.40. The van der Waals surface area contributed by atoms with E-state index in [4.69, 9.17) is 4.74 Å². The number of halogens is 4. The number of pyridine rings is 1. The zero-order chi connectivity index (χ0) is 23.8. The van der Waals surface area contributed by atoms with Gasteiger partial charge < -0.3 is 14.7 Å². The van der Waals surface area contributed by atoms with E-state index >= 15 is 0 Å². The number of anilines is 1. The third kappa shape index (κ3) is 5.06. The fraction of sp³-hybridized carbons (Fsp3) is 0.333. The van der Waals surface area contributed by atoms with Crippen LogP contribution < -0.4 is 15.6 Å². The van der Waals surface area contributed by atoms with Gasteiger partial charge in [-0.1, -0.05) is 18.5 Å². The van der Waals surface area contributed by atoms with E-state index < -0.39 is 18.5 Å². The van der Waals surface area contributed by atoms with Crippen molar-refractivity contribution in [2.75, 3.05) is 12.0 Å². The molecule has 4 rings (SSSR count). The predicted octanol–water partition coefficient (Wildman–Crippen LogP) is 5.33. The third-order valence-corrected chi connectivity index (χ3v) is 5.67. The van der Waals surface area contributed by atoms with Crippen LogP contribution in [0.1, 0.15) is 30.9 Å². The molecule has 174 valence electrons. The Hall–Kier alpha value is -2.46. The first-order valence-corrected chi connectivity index (χ1v) is 11.5. The van der Waals surface area contributed by atoms with Crippen LogP contribution in [-0.4, -0.2) is 27.9 Å². The van der Waals surface area contributed by atoms with Crippen LogP contribution in [0, 0.1) is 17.1 Å². The molecule has 2 atom stereocenters. The molecule has 0 amide bonds. The molecule has 3 aromatic rings. The van der Waals surface area contributed by atoms with E-state index in [0.717, 1.165) is 19.3 Å². The topological polar surface area (TPSA) is 74.9 Å². The quantitative estimate of drug-likeness (QED) is 0.262. The summed E-state index contributed by atoms with van der Waals surface area (Å²) < 4.78 is 59.2. The average Bonchev–Trinajstić information content (AvgIpc) is 2.99. The maximum Gasteiger partial charge on any atom is 0.402 e. The number of nitrogens with one attached hydrogen (secondary N) is 2. The molecule has 1 fully saturated rings. The monoisotopic (exact) mass is 497 g/mol. The molecule has 2 unspecified atom stereocenters. The minimum Gasteiger partial charge on any atom is -0.480 e. The molecule has 33 heavy (non-hydrogen) atoms. The van der Waals surface area contributed by atoms with E-state index in [1.165, 1.54) is 12.3 Å². The van der Waals surface area contributed by atoms with Gasteiger partial charge in [-0.3, -0.25) is 4.98 Å². The number of hydrogen-bond acceptors (Lipinski definition) is 5. The van der Waals surface area contributed by atoms with Gasteiger partial charge in [0.2, 0.25) is 0 Å². The zero-order valence-electron chi connectivity index (χ0n) is 17.3. The second-order valence-corrected chi connectivity index (χ2v) is 9.78. The summed E-state index contributed by atoms with van der Waals surface area (Å²) in [6.07, 6.45) is -0.115. The van der Waals surface area contributed by atoms with Gasteiger partial charge in [0, 0.05) is 17.5 Å². The minimum absolute atomic E-state index is 0.0786. The van der Waals surface area contributed by atoms with Crippen molar-refractivity contribution in [3.63, 3.8) is 0 Å². The van der Waals surface area contributed by atoms with E-state index in [2.05, 4.69) is 40.4 Å². The number of rotatable bonds is 7. The average molecular weight is 497 g/mol. The molecular formula is C21H21F4N5OP2. The van der Waals surface area contributed by atoms with Crippen LogP contribution in [0.5, 0.6) is 5.75 Å². The Morgan fingerprint density at radius 2 is 2.03 bits per heavy atom. The lowest BCUT2D eigenvalue weighted by molar-refractivity contribution is -0.123. The Morgan fingerprint density at radius 3 is 2.58 bits per heavy atom. The fourth-order valence-corrected chi connectivity index (χ4v) is 4.08. The van der Waals surface area contributed by atoms with Crippen molar-refractivity contribution >= 4 is 35.1 Å². The largest absolute Gasteiger partial charge is 0.480 e. The van der Waals surface area contributed by atoms with Gasteiger partial charge in [0.05, 0.1) is 34.4 Å². The molecule has 2 N–H and O–H groups in total. The summed E-state index contributed by atoms with van der Waals surface area (Å²) in [4.78, 5) is 4.38. The molecule has 1 saturated carbocycles. The first kappa shape index (κ1) is 23.7. The Balaban J connectivity index is 1.77. The summed E-state index contributed by atoms with van der Waals surface area (Å²) in [6, 6.07) is 8.40. The van der Waals surface area contributed by atoms with Crippen molar-refractivity contribution in [2.45, 2.75) is 37.1 Å². The van der Waals surface area contributed by atoms with Gasteiger partial charge >= 0.3 is 6.18 Å². The number of fused-ring (bicyclic) bond motifs is 1. The molecule has 2 aromatic heterocycles. The minimum atomic E-state index is -4.35.